The van der Waals surface area contributed by atoms with Gasteiger partial charge in [0.2, 0.25) is 5.91 Å². The summed E-state index contributed by atoms with van der Waals surface area (Å²) in [6.07, 6.45) is 1.92. The molecule has 2 aromatic rings. The highest BCUT2D eigenvalue weighted by molar-refractivity contribution is 7.99. The number of imide groups is 1. The molecular weight excluding hydrogens is 398 g/mol. The van der Waals surface area contributed by atoms with Crippen LogP contribution in [0.2, 0.25) is 0 Å². The smallest absolute Gasteiger partial charge is 0.332 e. The van der Waals surface area contributed by atoms with Gasteiger partial charge in [-0.3, -0.25) is 9.59 Å². The molecule has 0 N–H and O–H groups in total. The molecule has 0 aliphatic carbocycles. The van der Waals surface area contributed by atoms with Crippen LogP contribution in [-0.2, 0) is 9.59 Å². The first-order chi connectivity index (χ1) is 14.6. The van der Waals surface area contributed by atoms with Gasteiger partial charge in [0.25, 0.3) is 5.91 Å². The van der Waals surface area contributed by atoms with E-state index in [9.17, 15) is 14.4 Å². The molecule has 7 heteroatoms. The van der Waals surface area contributed by atoms with Crippen LogP contribution in [0.15, 0.2) is 65.6 Å². The molecule has 2 fully saturated rings. The van der Waals surface area contributed by atoms with Crippen LogP contribution in [0, 0.1) is 0 Å². The van der Waals surface area contributed by atoms with E-state index in [2.05, 4.69) is 0 Å². The third-order valence-corrected chi connectivity index (χ3v) is 6.61. The van der Waals surface area contributed by atoms with Gasteiger partial charge in [-0.25, -0.2) is 9.69 Å². The van der Waals surface area contributed by atoms with Crippen LogP contribution in [0.3, 0.4) is 0 Å². The summed E-state index contributed by atoms with van der Waals surface area (Å²) in [6.45, 7) is 1.37. The number of likely N-dealkylation sites (tertiary alicyclic amines) is 1. The van der Waals surface area contributed by atoms with Crippen LogP contribution >= 0.6 is 11.8 Å². The zero-order valence-electron chi connectivity index (χ0n) is 16.8. The normalized spacial score (nSPS) is 17.7. The lowest BCUT2D eigenvalue weighted by Crippen LogP contribution is -2.48. The number of carbonyl (C=O) groups excluding carboxylic acids is 3. The summed E-state index contributed by atoms with van der Waals surface area (Å²) in [5.41, 5.74) is 0.610. The topological polar surface area (TPSA) is 60.9 Å². The van der Waals surface area contributed by atoms with Crippen LogP contribution in [0.25, 0.3) is 0 Å². The van der Waals surface area contributed by atoms with Gasteiger partial charge in [-0.15, -0.1) is 11.8 Å². The maximum atomic E-state index is 12.9. The van der Waals surface area contributed by atoms with Crippen LogP contribution < -0.4 is 4.90 Å². The maximum Gasteiger partial charge on any atom is 0.332 e. The first kappa shape index (κ1) is 20.5. The van der Waals surface area contributed by atoms with Crippen molar-refractivity contribution in [3.63, 3.8) is 0 Å². The summed E-state index contributed by atoms with van der Waals surface area (Å²) in [6, 6.07) is 18.9. The Morgan fingerprint density at radius 1 is 0.933 bits per heavy atom. The maximum absolute atomic E-state index is 12.9. The molecule has 2 aliphatic heterocycles. The van der Waals surface area contributed by atoms with Gasteiger partial charge in [-0.05, 0) is 37.1 Å². The summed E-state index contributed by atoms with van der Waals surface area (Å²) in [5, 5.41) is 0. The highest BCUT2D eigenvalue weighted by Crippen LogP contribution is 2.26. The van der Waals surface area contributed by atoms with Gasteiger partial charge in [-0.2, -0.15) is 0 Å². The fourth-order valence-electron chi connectivity index (χ4n) is 3.99. The van der Waals surface area contributed by atoms with Gasteiger partial charge in [0.1, 0.15) is 6.54 Å². The van der Waals surface area contributed by atoms with Crippen molar-refractivity contribution in [3.05, 3.63) is 60.7 Å². The predicted molar refractivity (Wildman–Crippen MR) is 117 cm³/mol. The van der Waals surface area contributed by atoms with Crippen molar-refractivity contribution in [1.82, 2.24) is 9.80 Å². The summed E-state index contributed by atoms with van der Waals surface area (Å²) in [7, 11) is 0. The number of carbonyl (C=O) groups is 3. The third kappa shape index (κ3) is 4.51. The SMILES string of the molecule is O=C(CCSc1ccccc1)N1CCC(N2CC(=O)N(c3ccccc3)C2=O)CC1. The number of benzene rings is 2. The summed E-state index contributed by atoms with van der Waals surface area (Å²) in [5.74, 6) is 0.725. The monoisotopic (exact) mass is 423 g/mol. The molecule has 156 valence electrons. The molecule has 0 aromatic heterocycles. The molecule has 4 rings (SSSR count). The number of para-hydroxylation sites is 1. The van der Waals surface area contributed by atoms with Gasteiger partial charge >= 0.3 is 6.03 Å². The van der Waals surface area contributed by atoms with E-state index in [1.807, 2.05) is 53.4 Å². The lowest BCUT2D eigenvalue weighted by Gasteiger charge is -2.36. The van der Waals surface area contributed by atoms with Gasteiger partial charge in [-0.1, -0.05) is 36.4 Å². The Balaban J connectivity index is 1.26. The van der Waals surface area contributed by atoms with E-state index in [1.54, 1.807) is 28.8 Å². The van der Waals surface area contributed by atoms with Crippen LogP contribution in [0.4, 0.5) is 10.5 Å². The Morgan fingerprint density at radius 3 is 2.23 bits per heavy atom. The number of rotatable bonds is 6. The largest absolute Gasteiger partial charge is 0.343 e. The number of hydrogen-bond donors (Lipinski definition) is 0. The molecule has 2 aromatic carbocycles. The Labute approximate surface area is 180 Å². The molecule has 0 bridgehead atoms. The molecule has 0 atom stereocenters. The number of hydrogen-bond acceptors (Lipinski definition) is 4. The van der Waals surface area contributed by atoms with Gasteiger partial charge < -0.3 is 9.80 Å². The minimum absolute atomic E-state index is 0.00194. The van der Waals surface area contributed by atoms with E-state index >= 15 is 0 Å². The lowest BCUT2D eigenvalue weighted by atomic mass is 10.0. The Hall–Kier alpha value is -2.80. The number of anilines is 1. The van der Waals surface area contributed by atoms with E-state index < -0.39 is 0 Å². The van der Waals surface area contributed by atoms with Crippen molar-refractivity contribution >= 4 is 35.3 Å². The third-order valence-electron chi connectivity index (χ3n) is 5.59. The van der Waals surface area contributed by atoms with Crippen LogP contribution in [-0.4, -0.2) is 59.1 Å². The van der Waals surface area contributed by atoms with Crippen molar-refractivity contribution in [1.29, 1.82) is 0 Å². The van der Waals surface area contributed by atoms with E-state index in [1.165, 1.54) is 9.80 Å². The molecule has 2 saturated heterocycles. The standard InChI is InChI=1S/C23H25N3O3S/c27-21(13-16-30-20-9-5-2-6-10-20)24-14-11-18(12-15-24)25-17-22(28)26(23(25)29)19-7-3-1-4-8-19/h1-10,18H,11-17H2. The fraction of sp³-hybridized carbons (Fsp3) is 0.348. The van der Waals surface area contributed by atoms with Crippen molar-refractivity contribution in [2.24, 2.45) is 0 Å². The molecule has 2 heterocycles. The number of piperidine rings is 1. The zero-order chi connectivity index (χ0) is 20.9. The Bertz CT molecular complexity index is 898. The van der Waals surface area contributed by atoms with Crippen LogP contribution in [0.1, 0.15) is 19.3 Å². The average Bonchev–Trinajstić information content (AvgIpc) is 3.09. The average molecular weight is 424 g/mol. The van der Waals surface area contributed by atoms with E-state index in [0.717, 1.165) is 5.75 Å². The van der Waals surface area contributed by atoms with Crippen molar-refractivity contribution in [3.8, 4) is 0 Å². The predicted octanol–water partition coefficient (Wildman–Crippen LogP) is 3.63. The minimum atomic E-state index is -0.254. The van der Waals surface area contributed by atoms with Gasteiger partial charge in [0.15, 0.2) is 0 Å². The molecule has 0 unspecified atom stereocenters. The van der Waals surface area contributed by atoms with Gasteiger partial charge in [0, 0.05) is 36.2 Å². The Morgan fingerprint density at radius 2 is 1.57 bits per heavy atom. The number of amides is 4. The van der Waals surface area contributed by atoms with E-state index in [0.29, 0.717) is 38.0 Å². The van der Waals surface area contributed by atoms with E-state index in [4.69, 9.17) is 0 Å². The highest BCUT2D eigenvalue weighted by atomic mass is 32.2. The molecule has 0 saturated carbocycles. The molecule has 4 amide bonds. The summed E-state index contributed by atoms with van der Waals surface area (Å²) < 4.78 is 0. The van der Waals surface area contributed by atoms with Crippen molar-refractivity contribution in [2.75, 3.05) is 30.3 Å². The number of thioether (sulfide) groups is 1. The quantitative estimate of drug-likeness (QED) is 0.526. The zero-order valence-corrected chi connectivity index (χ0v) is 17.6. The molecule has 0 spiro atoms. The van der Waals surface area contributed by atoms with Crippen molar-refractivity contribution < 1.29 is 14.4 Å². The number of urea groups is 1. The second-order valence-corrected chi connectivity index (χ2v) is 8.67. The van der Waals surface area contributed by atoms with Crippen LogP contribution in [0.5, 0.6) is 0 Å². The fourth-order valence-corrected chi connectivity index (χ4v) is 4.86. The molecule has 30 heavy (non-hydrogen) atoms. The first-order valence-corrected chi connectivity index (χ1v) is 11.3. The van der Waals surface area contributed by atoms with Gasteiger partial charge in [0.05, 0.1) is 5.69 Å². The minimum Gasteiger partial charge on any atom is -0.343 e. The Kier molecular flexibility index (Phi) is 6.38. The summed E-state index contributed by atoms with van der Waals surface area (Å²) >= 11 is 1.69. The molecule has 2 aliphatic rings. The summed E-state index contributed by atoms with van der Waals surface area (Å²) in [4.78, 5) is 43.8. The first-order valence-electron chi connectivity index (χ1n) is 10.3. The van der Waals surface area contributed by atoms with Crippen molar-refractivity contribution in [2.45, 2.75) is 30.2 Å². The molecule has 0 radical (unpaired) electrons. The second kappa shape index (κ2) is 9.34. The molecule has 6 nitrogen and oxygen atoms in total. The van der Waals surface area contributed by atoms with E-state index in [-0.39, 0.29) is 30.4 Å². The lowest BCUT2D eigenvalue weighted by molar-refractivity contribution is -0.132. The number of nitrogens with zero attached hydrogens (tertiary/aromatic N) is 3. The second-order valence-electron chi connectivity index (χ2n) is 7.50. The highest BCUT2D eigenvalue weighted by Gasteiger charge is 2.41. The molecular formula is C23H25N3O3S.